The average molecular weight is 266 g/mol. The molecule has 1 aliphatic heterocycles. The second-order valence-electron chi connectivity index (χ2n) is 4.50. The highest BCUT2D eigenvalue weighted by Crippen LogP contribution is 2.15. The van der Waals surface area contributed by atoms with Crippen LogP contribution in [0.4, 0.5) is 5.69 Å². The summed E-state index contributed by atoms with van der Waals surface area (Å²) >= 11 is 4.13. The van der Waals surface area contributed by atoms with Crippen molar-refractivity contribution in [2.45, 2.75) is 0 Å². The van der Waals surface area contributed by atoms with Gasteiger partial charge in [0.15, 0.2) is 0 Å². The van der Waals surface area contributed by atoms with E-state index in [1.165, 1.54) is 5.69 Å². The van der Waals surface area contributed by atoms with Crippen molar-refractivity contribution >= 4 is 18.3 Å². The Bertz CT molecular complexity index is 326. The minimum Gasteiger partial charge on any atom is -0.379 e. The predicted octanol–water partition coefficient (Wildman–Crippen LogP) is 1.76. The Balaban J connectivity index is 1.68. The van der Waals surface area contributed by atoms with Crippen molar-refractivity contribution in [1.29, 1.82) is 0 Å². The van der Waals surface area contributed by atoms with E-state index in [0.29, 0.717) is 0 Å². The first-order chi connectivity index (χ1) is 8.90. The molecule has 1 heterocycles. The molecule has 0 amide bonds. The zero-order valence-corrected chi connectivity index (χ0v) is 11.7. The Kier molecular flexibility index (Phi) is 5.84. The highest BCUT2D eigenvalue weighted by molar-refractivity contribution is 7.80. The molecule has 1 aromatic rings. The molecule has 0 saturated carbocycles. The van der Waals surface area contributed by atoms with Crippen LogP contribution in [0.5, 0.6) is 0 Å². The van der Waals surface area contributed by atoms with Gasteiger partial charge in [-0.25, -0.2) is 0 Å². The molecular weight excluding hydrogens is 244 g/mol. The number of nitrogens with zero attached hydrogens (tertiary/aromatic N) is 2. The summed E-state index contributed by atoms with van der Waals surface area (Å²) in [6, 6.07) is 10.6. The smallest absolute Gasteiger partial charge is 0.0593 e. The number of thiol groups is 1. The van der Waals surface area contributed by atoms with E-state index in [0.717, 1.165) is 51.7 Å². The Hall–Kier alpha value is -0.710. The lowest BCUT2D eigenvalue weighted by Crippen LogP contribution is -2.47. The molecule has 1 aliphatic rings. The van der Waals surface area contributed by atoms with E-state index in [1.54, 1.807) is 0 Å². The third kappa shape index (κ3) is 4.19. The summed E-state index contributed by atoms with van der Waals surface area (Å²) < 4.78 is 5.47. The van der Waals surface area contributed by atoms with Crippen molar-refractivity contribution in [3.63, 3.8) is 0 Å². The number of rotatable bonds is 6. The summed E-state index contributed by atoms with van der Waals surface area (Å²) in [5, 5.41) is 0. The molecule has 3 nitrogen and oxygen atoms in total. The molecule has 0 unspecified atom stereocenters. The Morgan fingerprint density at radius 3 is 2.39 bits per heavy atom. The lowest BCUT2D eigenvalue weighted by molar-refractivity contribution is 0.113. The van der Waals surface area contributed by atoms with Crippen LogP contribution < -0.4 is 4.90 Å². The summed E-state index contributed by atoms with van der Waals surface area (Å²) in [7, 11) is 0. The summed E-state index contributed by atoms with van der Waals surface area (Å²) in [6.07, 6.45) is 0. The molecular formula is C14H22N2OS. The lowest BCUT2D eigenvalue weighted by Gasteiger charge is -2.36. The molecule has 0 bridgehead atoms. The summed E-state index contributed by atoms with van der Waals surface area (Å²) in [6.45, 7) is 7.08. The lowest BCUT2D eigenvalue weighted by atomic mass is 10.2. The first-order valence-electron chi connectivity index (χ1n) is 6.61. The highest BCUT2D eigenvalue weighted by atomic mass is 32.1. The molecule has 4 heteroatoms. The maximum atomic E-state index is 5.47. The van der Waals surface area contributed by atoms with Crippen LogP contribution >= 0.6 is 12.6 Å². The van der Waals surface area contributed by atoms with E-state index in [1.807, 2.05) is 0 Å². The second kappa shape index (κ2) is 7.67. The number of ether oxygens (including phenoxy) is 1. The molecule has 1 aromatic carbocycles. The van der Waals surface area contributed by atoms with Gasteiger partial charge in [-0.1, -0.05) is 18.2 Å². The quantitative estimate of drug-likeness (QED) is 0.624. The van der Waals surface area contributed by atoms with E-state index in [9.17, 15) is 0 Å². The fourth-order valence-electron chi connectivity index (χ4n) is 2.23. The van der Waals surface area contributed by atoms with Gasteiger partial charge >= 0.3 is 0 Å². The van der Waals surface area contributed by atoms with Gasteiger partial charge in [0.25, 0.3) is 0 Å². The van der Waals surface area contributed by atoms with Gasteiger partial charge in [0.1, 0.15) is 0 Å². The van der Waals surface area contributed by atoms with Crippen molar-refractivity contribution in [3.8, 4) is 0 Å². The number of piperazine rings is 1. The van der Waals surface area contributed by atoms with E-state index < -0.39 is 0 Å². The van der Waals surface area contributed by atoms with Gasteiger partial charge in [-0.3, -0.25) is 4.90 Å². The highest BCUT2D eigenvalue weighted by Gasteiger charge is 2.16. The van der Waals surface area contributed by atoms with Crippen LogP contribution in [-0.4, -0.2) is 56.6 Å². The van der Waals surface area contributed by atoms with Crippen LogP contribution in [0, 0.1) is 0 Å². The Morgan fingerprint density at radius 1 is 1.00 bits per heavy atom. The molecule has 100 valence electrons. The van der Waals surface area contributed by atoms with Gasteiger partial charge in [0, 0.05) is 44.2 Å². The first-order valence-corrected chi connectivity index (χ1v) is 7.24. The van der Waals surface area contributed by atoms with Crippen molar-refractivity contribution in [2.75, 3.05) is 56.6 Å². The van der Waals surface area contributed by atoms with Gasteiger partial charge in [0.2, 0.25) is 0 Å². The van der Waals surface area contributed by atoms with E-state index in [-0.39, 0.29) is 0 Å². The van der Waals surface area contributed by atoms with Gasteiger partial charge in [-0.2, -0.15) is 12.6 Å². The maximum absolute atomic E-state index is 5.47. The zero-order valence-electron chi connectivity index (χ0n) is 10.8. The molecule has 0 spiro atoms. The molecule has 0 aliphatic carbocycles. The number of benzene rings is 1. The number of anilines is 1. The summed E-state index contributed by atoms with van der Waals surface area (Å²) in [5.74, 6) is 0.807. The maximum Gasteiger partial charge on any atom is 0.0593 e. The largest absolute Gasteiger partial charge is 0.379 e. The van der Waals surface area contributed by atoms with Gasteiger partial charge in [-0.15, -0.1) is 0 Å². The summed E-state index contributed by atoms with van der Waals surface area (Å²) in [4.78, 5) is 4.92. The number of hydrogen-bond donors (Lipinski definition) is 1. The molecule has 0 radical (unpaired) electrons. The predicted molar refractivity (Wildman–Crippen MR) is 79.8 cm³/mol. The van der Waals surface area contributed by atoms with E-state index in [4.69, 9.17) is 4.74 Å². The van der Waals surface area contributed by atoms with Crippen molar-refractivity contribution in [2.24, 2.45) is 0 Å². The third-order valence-corrected chi connectivity index (χ3v) is 3.46. The van der Waals surface area contributed by atoms with Crippen molar-refractivity contribution < 1.29 is 4.74 Å². The number of para-hydroxylation sites is 1. The second-order valence-corrected chi connectivity index (χ2v) is 4.95. The summed E-state index contributed by atoms with van der Waals surface area (Å²) in [5.41, 5.74) is 1.34. The fourth-order valence-corrected chi connectivity index (χ4v) is 2.36. The first kappa shape index (κ1) is 13.7. The third-order valence-electron chi connectivity index (χ3n) is 3.28. The van der Waals surface area contributed by atoms with Crippen LogP contribution in [-0.2, 0) is 4.74 Å². The molecule has 0 atom stereocenters. The van der Waals surface area contributed by atoms with Crippen LogP contribution in [0.2, 0.25) is 0 Å². The zero-order chi connectivity index (χ0) is 12.6. The average Bonchev–Trinajstić information content (AvgIpc) is 2.45. The number of hydrogen-bond acceptors (Lipinski definition) is 4. The fraction of sp³-hybridized carbons (Fsp3) is 0.571. The van der Waals surface area contributed by atoms with Gasteiger partial charge in [0.05, 0.1) is 13.2 Å². The molecule has 1 saturated heterocycles. The standard InChI is InChI=1S/C14H22N2OS/c18-13-12-17-11-10-15-6-8-16(9-7-15)14-4-2-1-3-5-14/h1-5,18H,6-13H2. The topological polar surface area (TPSA) is 15.7 Å². The normalized spacial score (nSPS) is 17.1. The monoisotopic (exact) mass is 266 g/mol. The van der Waals surface area contributed by atoms with Gasteiger partial charge in [-0.05, 0) is 12.1 Å². The molecule has 0 N–H and O–H groups in total. The SMILES string of the molecule is SCCOCCN1CCN(c2ccccc2)CC1. The molecule has 18 heavy (non-hydrogen) atoms. The molecule has 1 fully saturated rings. The van der Waals surface area contributed by atoms with Crippen LogP contribution in [0.15, 0.2) is 30.3 Å². The van der Waals surface area contributed by atoms with Crippen LogP contribution in [0.25, 0.3) is 0 Å². The molecule has 0 aromatic heterocycles. The minimum absolute atomic E-state index is 0.757. The van der Waals surface area contributed by atoms with Gasteiger partial charge < -0.3 is 9.64 Å². The van der Waals surface area contributed by atoms with E-state index in [2.05, 4.69) is 52.8 Å². The van der Waals surface area contributed by atoms with Crippen LogP contribution in [0.1, 0.15) is 0 Å². The Morgan fingerprint density at radius 2 is 1.72 bits per heavy atom. The van der Waals surface area contributed by atoms with Crippen molar-refractivity contribution in [3.05, 3.63) is 30.3 Å². The molecule has 2 rings (SSSR count). The van der Waals surface area contributed by atoms with Crippen molar-refractivity contribution in [1.82, 2.24) is 4.90 Å². The minimum atomic E-state index is 0.757. The van der Waals surface area contributed by atoms with E-state index >= 15 is 0 Å². The van der Waals surface area contributed by atoms with Crippen LogP contribution in [0.3, 0.4) is 0 Å². The Labute approximate surface area is 115 Å².